The van der Waals surface area contributed by atoms with E-state index in [4.69, 9.17) is 0 Å². The molecule has 98 valence electrons. The number of fused-ring (bicyclic) bond motifs is 3. The van der Waals surface area contributed by atoms with Crippen LogP contribution in [0.5, 0.6) is 0 Å². The zero-order valence-electron chi connectivity index (χ0n) is 11.2. The summed E-state index contributed by atoms with van der Waals surface area (Å²) in [6.45, 7) is 13.8. The van der Waals surface area contributed by atoms with Gasteiger partial charge in [-0.2, -0.15) is 0 Å². The first-order valence-corrected chi connectivity index (χ1v) is 6.96. The summed E-state index contributed by atoms with van der Waals surface area (Å²) in [6.07, 6.45) is 1.12. The average Bonchev–Trinajstić information content (AvgIpc) is 2.36. The van der Waals surface area contributed by atoms with Crippen LogP contribution in [0.1, 0.15) is 20.3 Å². The number of carbonyl (C=O) groups is 1. The van der Waals surface area contributed by atoms with E-state index in [0.717, 1.165) is 13.0 Å². The van der Waals surface area contributed by atoms with E-state index in [1.54, 1.807) is 0 Å². The third kappa shape index (κ3) is 3.19. The topological polar surface area (TPSA) is 32.3 Å². The lowest BCUT2D eigenvalue weighted by Gasteiger charge is -2.50. The van der Waals surface area contributed by atoms with E-state index in [1.165, 1.54) is 50.3 Å². The van der Waals surface area contributed by atoms with E-state index in [1.807, 2.05) is 13.8 Å². The third-order valence-corrected chi connectivity index (χ3v) is 4.30. The van der Waals surface area contributed by atoms with Crippen LogP contribution in [0.25, 0.3) is 0 Å². The minimum atomic E-state index is 0.112. The van der Waals surface area contributed by atoms with Gasteiger partial charge in [-0.3, -0.25) is 9.69 Å². The van der Waals surface area contributed by atoms with Gasteiger partial charge in [0, 0.05) is 38.5 Å². The van der Waals surface area contributed by atoms with E-state index in [0.29, 0.717) is 0 Å². The smallest absolute Gasteiger partial charge is 0.222 e. The predicted octanol–water partition coefficient (Wildman–Crippen LogP) is 0.295. The SMILES string of the molecule is CC(C)C(=O)NCCC[N+]12CCN(CC1)CC2. The molecule has 3 rings (SSSR count). The van der Waals surface area contributed by atoms with Crippen molar-refractivity contribution in [1.29, 1.82) is 0 Å². The molecule has 0 unspecified atom stereocenters. The molecule has 0 aromatic rings. The third-order valence-electron chi connectivity index (χ3n) is 4.30. The lowest BCUT2D eigenvalue weighted by molar-refractivity contribution is -0.941. The molecule has 17 heavy (non-hydrogen) atoms. The molecule has 0 saturated carbocycles. The Labute approximate surface area is 105 Å². The predicted molar refractivity (Wildman–Crippen MR) is 68.6 cm³/mol. The fourth-order valence-electron chi connectivity index (χ4n) is 2.90. The van der Waals surface area contributed by atoms with Gasteiger partial charge in [-0.1, -0.05) is 13.8 Å². The summed E-state index contributed by atoms with van der Waals surface area (Å²) in [5.41, 5.74) is 0. The Hall–Kier alpha value is -0.610. The number of piperazine rings is 3. The summed E-state index contributed by atoms with van der Waals surface area (Å²) >= 11 is 0. The second-order valence-corrected chi connectivity index (χ2v) is 5.88. The van der Waals surface area contributed by atoms with Crippen LogP contribution in [0.2, 0.25) is 0 Å². The van der Waals surface area contributed by atoms with Crippen molar-refractivity contribution in [3.8, 4) is 0 Å². The van der Waals surface area contributed by atoms with Crippen molar-refractivity contribution in [3.05, 3.63) is 0 Å². The van der Waals surface area contributed by atoms with E-state index < -0.39 is 0 Å². The molecule has 3 fully saturated rings. The van der Waals surface area contributed by atoms with E-state index >= 15 is 0 Å². The van der Waals surface area contributed by atoms with Crippen LogP contribution in [-0.4, -0.2) is 67.6 Å². The molecular formula is C13H26N3O+. The van der Waals surface area contributed by atoms with Gasteiger partial charge in [0.2, 0.25) is 5.91 Å². The molecule has 3 heterocycles. The van der Waals surface area contributed by atoms with E-state index in [2.05, 4.69) is 10.2 Å². The molecular weight excluding hydrogens is 214 g/mol. The van der Waals surface area contributed by atoms with Gasteiger partial charge < -0.3 is 9.80 Å². The van der Waals surface area contributed by atoms with Crippen molar-refractivity contribution in [2.24, 2.45) is 5.92 Å². The number of nitrogens with one attached hydrogen (secondary N) is 1. The van der Waals surface area contributed by atoms with Gasteiger partial charge in [-0.15, -0.1) is 0 Å². The highest BCUT2D eigenvalue weighted by atomic mass is 16.1. The Morgan fingerprint density at radius 1 is 1.24 bits per heavy atom. The first-order chi connectivity index (χ1) is 8.11. The fourth-order valence-corrected chi connectivity index (χ4v) is 2.90. The maximum Gasteiger partial charge on any atom is 0.222 e. The lowest BCUT2D eigenvalue weighted by atomic mass is 10.1. The van der Waals surface area contributed by atoms with Crippen LogP contribution in [0.3, 0.4) is 0 Å². The summed E-state index contributed by atoms with van der Waals surface area (Å²) < 4.78 is 1.30. The first-order valence-electron chi connectivity index (χ1n) is 6.96. The number of quaternary nitrogens is 1. The van der Waals surface area contributed by atoms with Crippen molar-refractivity contribution in [3.63, 3.8) is 0 Å². The Morgan fingerprint density at radius 2 is 1.82 bits per heavy atom. The average molecular weight is 240 g/mol. The van der Waals surface area contributed by atoms with Crippen LogP contribution < -0.4 is 5.32 Å². The van der Waals surface area contributed by atoms with Crippen molar-refractivity contribution in [2.75, 3.05) is 52.4 Å². The molecule has 3 aliphatic heterocycles. The van der Waals surface area contributed by atoms with Crippen LogP contribution in [0.4, 0.5) is 0 Å². The second kappa shape index (κ2) is 5.36. The Kier molecular flexibility index (Phi) is 4.05. The molecule has 4 nitrogen and oxygen atoms in total. The molecule has 4 heteroatoms. The molecule has 0 atom stereocenters. The largest absolute Gasteiger partial charge is 0.356 e. The molecule has 0 aromatic carbocycles. The van der Waals surface area contributed by atoms with Gasteiger partial charge in [0.05, 0.1) is 26.2 Å². The van der Waals surface area contributed by atoms with Crippen LogP contribution in [0.15, 0.2) is 0 Å². The maximum atomic E-state index is 11.4. The highest BCUT2D eigenvalue weighted by Crippen LogP contribution is 2.19. The van der Waals surface area contributed by atoms with Crippen molar-refractivity contribution < 1.29 is 9.28 Å². The van der Waals surface area contributed by atoms with Gasteiger partial charge in [0.25, 0.3) is 0 Å². The number of hydrogen-bond donors (Lipinski definition) is 1. The zero-order valence-corrected chi connectivity index (χ0v) is 11.2. The molecule has 0 aromatic heterocycles. The van der Waals surface area contributed by atoms with Crippen molar-refractivity contribution in [2.45, 2.75) is 20.3 Å². The van der Waals surface area contributed by atoms with Gasteiger partial charge in [-0.25, -0.2) is 0 Å². The molecule has 1 amide bonds. The lowest BCUT2D eigenvalue weighted by Crippen LogP contribution is -2.67. The van der Waals surface area contributed by atoms with Gasteiger partial charge in [0.1, 0.15) is 0 Å². The standard InChI is InChI=1S/C13H25N3O/c1-12(2)13(17)14-4-3-8-16-9-5-15(6-10-16)7-11-16/h12H,3-11H2,1-2H3/p+1. The Morgan fingerprint density at radius 3 is 2.35 bits per heavy atom. The van der Waals surface area contributed by atoms with Gasteiger partial charge >= 0.3 is 0 Å². The molecule has 0 spiro atoms. The van der Waals surface area contributed by atoms with Gasteiger partial charge in [0.15, 0.2) is 0 Å². The number of carbonyl (C=O) groups excluding carboxylic acids is 1. The monoisotopic (exact) mass is 240 g/mol. The summed E-state index contributed by atoms with van der Waals surface area (Å²) in [7, 11) is 0. The van der Waals surface area contributed by atoms with E-state index in [-0.39, 0.29) is 11.8 Å². The van der Waals surface area contributed by atoms with Crippen LogP contribution >= 0.6 is 0 Å². The van der Waals surface area contributed by atoms with Crippen LogP contribution in [-0.2, 0) is 4.79 Å². The number of hydrogen-bond acceptors (Lipinski definition) is 2. The maximum absolute atomic E-state index is 11.4. The van der Waals surface area contributed by atoms with Gasteiger partial charge in [-0.05, 0) is 0 Å². The summed E-state index contributed by atoms with van der Waals surface area (Å²) in [4.78, 5) is 14.0. The van der Waals surface area contributed by atoms with Crippen molar-refractivity contribution in [1.82, 2.24) is 10.2 Å². The summed E-state index contributed by atoms with van der Waals surface area (Å²) in [6, 6.07) is 0. The number of nitrogens with zero attached hydrogens (tertiary/aromatic N) is 2. The Balaban J connectivity index is 1.66. The summed E-state index contributed by atoms with van der Waals surface area (Å²) in [5.74, 6) is 0.300. The highest BCUT2D eigenvalue weighted by Gasteiger charge is 2.37. The quantitative estimate of drug-likeness (QED) is 0.553. The Bertz CT molecular complexity index is 256. The number of amides is 1. The molecule has 0 radical (unpaired) electrons. The molecule has 1 N–H and O–H groups in total. The minimum absolute atomic E-state index is 0.112. The molecule has 3 saturated heterocycles. The van der Waals surface area contributed by atoms with E-state index in [9.17, 15) is 4.79 Å². The van der Waals surface area contributed by atoms with Crippen molar-refractivity contribution >= 4 is 5.91 Å². The molecule has 3 aliphatic rings. The summed E-state index contributed by atoms with van der Waals surface area (Å²) in [5, 5.41) is 3.02. The fraction of sp³-hybridized carbons (Fsp3) is 0.923. The highest BCUT2D eigenvalue weighted by molar-refractivity contribution is 5.77. The molecule has 0 aliphatic carbocycles. The zero-order chi connectivity index (χ0) is 12.3. The second-order valence-electron chi connectivity index (χ2n) is 5.88. The normalized spacial score (nSPS) is 31.8. The van der Waals surface area contributed by atoms with Crippen LogP contribution in [0, 0.1) is 5.92 Å². The number of rotatable bonds is 5. The first kappa shape index (κ1) is 12.8. The molecule has 2 bridgehead atoms. The minimum Gasteiger partial charge on any atom is -0.356 e.